The first kappa shape index (κ1) is 24.9. The van der Waals surface area contributed by atoms with Gasteiger partial charge in [0.15, 0.2) is 0 Å². The molecule has 4 rings (SSSR count). The Balaban J connectivity index is 1.50. The van der Waals surface area contributed by atoms with E-state index in [4.69, 9.17) is 9.76 Å². The van der Waals surface area contributed by atoms with Crippen LogP contribution in [0.2, 0.25) is 0 Å². The van der Waals surface area contributed by atoms with Crippen molar-refractivity contribution in [2.45, 2.75) is 13.0 Å². The molecule has 3 aromatic rings. The first-order chi connectivity index (χ1) is 17.4. The molecule has 5 N–H and O–H groups in total. The minimum absolute atomic E-state index is 0.0635. The molecule has 2 aromatic heterocycles. The van der Waals surface area contributed by atoms with E-state index in [9.17, 15) is 14.4 Å². The third kappa shape index (κ3) is 5.53. The largest absolute Gasteiger partial charge is 0.438 e. The average Bonchev–Trinajstić information content (AvgIpc) is 2.85. The van der Waals surface area contributed by atoms with Gasteiger partial charge in [0.05, 0.1) is 24.0 Å². The minimum Gasteiger partial charge on any atom is -0.438 e. The zero-order valence-electron chi connectivity index (χ0n) is 19.9. The number of likely N-dealkylation sites (tertiary alicyclic amines) is 1. The standard InChI is InChI=1S/C23H26BN7O5/c1-13-16(3-2-4-17(13)28-23(35)31-11-15(12-31)36-24)18-9-19(22(34)30-29-18)27-20-6-5-14(10-26-20)21(33)25-7-8-32/h2-6,9-10,15,32H,7-8,11-12,24H2,1H3,(H,25,33)(H,28,35)(H,30,34)(H,26,27,29). The lowest BCUT2D eigenvalue weighted by Crippen LogP contribution is -2.55. The lowest BCUT2D eigenvalue weighted by atomic mass is 10.0. The van der Waals surface area contributed by atoms with Crippen molar-refractivity contribution in [1.82, 2.24) is 25.4 Å². The van der Waals surface area contributed by atoms with E-state index in [0.717, 1.165) is 11.1 Å². The number of hydrogen-bond acceptors (Lipinski definition) is 8. The maximum Gasteiger partial charge on any atom is 0.322 e. The number of H-pyrrole nitrogens is 1. The zero-order valence-corrected chi connectivity index (χ0v) is 19.9. The van der Waals surface area contributed by atoms with E-state index >= 15 is 0 Å². The first-order valence-electron chi connectivity index (χ1n) is 11.3. The molecule has 0 aliphatic carbocycles. The van der Waals surface area contributed by atoms with Gasteiger partial charge < -0.3 is 30.6 Å². The number of rotatable bonds is 8. The fourth-order valence-electron chi connectivity index (χ4n) is 3.64. The van der Waals surface area contributed by atoms with Crippen molar-refractivity contribution in [2.24, 2.45) is 0 Å². The minimum atomic E-state index is -0.446. The van der Waals surface area contributed by atoms with Crippen LogP contribution in [0.3, 0.4) is 0 Å². The summed E-state index contributed by atoms with van der Waals surface area (Å²) in [6, 6.07) is 9.96. The Bertz CT molecular complexity index is 1310. The van der Waals surface area contributed by atoms with E-state index in [1.807, 2.05) is 13.0 Å². The van der Waals surface area contributed by atoms with E-state index in [1.54, 1.807) is 43.3 Å². The molecule has 1 aliphatic heterocycles. The van der Waals surface area contributed by atoms with Crippen LogP contribution in [-0.2, 0) is 4.65 Å². The van der Waals surface area contributed by atoms with Crippen LogP contribution in [0.25, 0.3) is 11.3 Å². The number of aliphatic hydroxyl groups is 1. The number of aromatic nitrogens is 3. The third-order valence-electron chi connectivity index (χ3n) is 5.81. The van der Waals surface area contributed by atoms with Crippen LogP contribution in [0.4, 0.5) is 22.0 Å². The molecule has 3 amide bonds. The molecule has 0 bridgehead atoms. The third-order valence-corrected chi connectivity index (χ3v) is 5.81. The van der Waals surface area contributed by atoms with Gasteiger partial charge in [0.1, 0.15) is 11.5 Å². The molecular formula is C23H26BN7O5. The molecule has 0 atom stereocenters. The zero-order chi connectivity index (χ0) is 25.7. The number of aromatic amines is 1. The molecule has 0 unspecified atom stereocenters. The fraction of sp³-hybridized carbons (Fsp3) is 0.261. The number of benzene rings is 1. The van der Waals surface area contributed by atoms with Gasteiger partial charge in [0.25, 0.3) is 19.5 Å². The predicted molar refractivity (Wildman–Crippen MR) is 136 cm³/mol. The number of carbonyl (C=O) groups excluding carboxylic acids is 2. The summed E-state index contributed by atoms with van der Waals surface area (Å²) >= 11 is 0. The van der Waals surface area contributed by atoms with E-state index < -0.39 is 5.56 Å². The van der Waals surface area contributed by atoms with Gasteiger partial charge >= 0.3 is 6.03 Å². The Labute approximate surface area is 207 Å². The number of carbonyl (C=O) groups is 2. The summed E-state index contributed by atoms with van der Waals surface area (Å²) in [4.78, 5) is 42.7. The molecule has 1 aromatic carbocycles. The van der Waals surface area contributed by atoms with Crippen molar-refractivity contribution >= 4 is 37.2 Å². The van der Waals surface area contributed by atoms with Gasteiger partial charge in [0, 0.05) is 37.1 Å². The molecule has 36 heavy (non-hydrogen) atoms. The Hall–Kier alpha value is -4.23. The van der Waals surface area contributed by atoms with Crippen LogP contribution in [0.15, 0.2) is 47.4 Å². The molecular weight excluding hydrogens is 465 g/mol. The summed E-state index contributed by atoms with van der Waals surface area (Å²) < 4.78 is 5.22. The maximum absolute atomic E-state index is 12.5. The molecule has 1 saturated heterocycles. The molecule has 13 heteroatoms. The summed E-state index contributed by atoms with van der Waals surface area (Å²) in [5.74, 6) is 0.000204. The lowest BCUT2D eigenvalue weighted by molar-refractivity contribution is 0.0558. The maximum atomic E-state index is 12.5. The highest BCUT2D eigenvalue weighted by atomic mass is 16.4. The Kier molecular flexibility index (Phi) is 7.61. The number of anilines is 3. The van der Waals surface area contributed by atoms with Gasteiger partial charge in [-0.25, -0.2) is 14.9 Å². The molecule has 12 nitrogen and oxygen atoms in total. The smallest absolute Gasteiger partial charge is 0.322 e. The summed E-state index contributed by atoms with van der Waals surface area (Å²) in [7, 11) is 1.62. The van der Waals surface area contributed by atoms with Crippen molar-refractivity contribution in [3.05, 3.63) is 64.1 Å². The van der Waals surface area contributed by atoms with Gasteiger partial charge in [-0.3, -0.25) is 9.59 Å². The van der Waals surface area contributed by atoms with E-state index in [1.165, 1.54) is 6.20 Å². The van der Waals surface area contributed by atoms with E-state index in [0.29, 0.717) is 35.9 Å². The monoisotopic (exact) mass is 491 g/mol. The summed E-state index contributed by atoms with van der Waals surface area (Å²) in [6.45, 7) is 2.93. The molecule has 186 valence electrons. The fourth-order valence-corrected chi connectivity index (χ4v) is 3.64. The quantitative estimate of drug-likeness (QED) is 0.283. The van der Waals surface area contributed by atoms with Crippen LogP contribution in [0.5, 0.6) is 0 Å². The second-order valence-electron chi connectivity index (χ2n) is 8.20. The van der Waals surface area contributed by atoms with Crippen molar-refractivity contribution in [3.8, 4) is 11.3 Å². The summed E-state index contributed by atoms with van der Waals surface area (Å²) in [5, 5.41) is 23.9. The summed E-state index contributed by atoms with van der Waals surface area (Å²) in [6.07, 6.45) is 1.43. The molecule has 0 saturated carbocycles. The molecule has 3 heterocycles. The highest BCUT2D eigenvalue weighted by Crippen LogP contribution is 2.28. The Morgan fingerprint density at radius 1 is 1.25 bits per heavy atom. The molecule has 0 spiro atoms. The van der Waals surface area contributed by atoms with Gasteiger partial charge in [-0.1, -0.05) is 12.1 Å². The Morgan fingerprint density at radius 2 is 2.06 bits per heavy atom. The molecule has 1 aliphatic rings. The number of hydrogen-bond donors (Lipinski definition) is 5. The molecule has 1 fully saturated rings. The van der Waals surface area contributed by atoms with Crippen LogP contribution in [-0.4, -0.2) is 77.5 Å². The topological polar surface area (TPSA) is 162 Å². The normalized spacial score (nSPS) is 13.1. The second-order valence-corrected chi connectivity index (χ2v) is 8.20. The number of amides is 3. The van der Waals surface area contributed by atoms with E-state index in [-0.39, 0.29) is 36.9 Å². The average molecular weight is 491 g/mol. The van der Waals surface area contributed by atoms with Gasteiger partial charge in [0.2, 0.25) is 0 Å². The molecule has 0 radical (unpaired) electrons. The van der Waals surface area contributed by atoms with Crippen LogP contribution in [0.1, 0.15) is 15.9 Å². The highest BCUT2D eigenvalue weighted by Gasteiger charge is 2.30. The van der Waals surface area contributed by atoms with Crippen molar-refractivity contribution in [3.63, 3.8) is 0 Å². The van der Waals surface area contributed by atoms with Crippen molar-refractivity contribution in [1.29, 1.82) is 0 Å². The van der Waals surface area contributed by atoms with Crippen LogP contribution < -0.4 is 21.5 Å². The predicted octanol–water partition coefficient (Wildman–Crippen LogP) is 0.387. The second kappa shape index (κ2) is 11.0. The van der Waals surface area contributed by atoms with Crippen LogP contribution in [0, 0.1) is 6.92 Å². The van der Waals surface area contributed by atoms with Gasteiger partial charge in [-0.05, 0) is 36.8 Å². The first-order valence-corrected chi connectivity index (χ1v) is 11.3. The number of urea groups is 1. The van der Waals surface area contributed by atoms with Crippen molar-refractivity contribution < 1.29 is 19.3 Å². The highest BCUT2D eigenvalue weighted by molar-refractivity contribution is 5.98. The van der Waals surface area contributed by atoms with Gasteiger partial charge in [-0.2, -0.15) is 5.10 Å². The number of aliphatic hydroxyl groups excluding tert-OH is 1. The number of nitrogens with zero attached hydrogens (tertiary/aromatic N) is 3. The summed E-state index contributed by atoms with van der Waals surface area (Å²) in [5.41, 5.74) is 2.74. The lowest BCUT2D eigenvalue weighted by Gasteiger charge is -2.38. The van der Waals surface area contributed by atoms with Crippen LogP contribution >= 0.6 is 0 Å². The van der Waals surface area contributed by atoms with Gasteiger partial charge in [-0.15, -0.1) is 0 Å². The Morgan fingerprint density at radius 3 is 2.75 bits per heavy atom. The number of nitrogens with one attached hydrogen (secondary N) is 4. The SMILES string of the molecule is BOC1CN(C(=O)Nc2cccc(-c3cc(Nc4ccc(C(=O)NCCO)cn4)c(=O)[nH]n3)c2C)C1. The van der Waals surface area contributed by atoms with E-state index in [2.05, 4.69) is 31.1 Å². The van der Waals surface area contributed by atoms with Crippen molar-refractivity contribution in [2.75, 3.05) is 36.9 Å². The number of pyridine rings is 1.